The lowest BCUT2D eigenvalue weighted by molar-refractivity contribution is 0.105. The maximum absolute atomic E-state index is 8.98. The van der Waals surface area contributed by atoms with Gasteiger partial charge in [-0.25, -0.2) is 0 Å². The van der Waals surface area contributed by atoms with E-state index in [4.69, 9.17) is 10.00 Å². The summed E-state index contributed by atoms with van der Waals surface area (Å²) in [6, 6.07) is 7.83. The Labute approximate surface area is 91.5 Å². The van der Waals surface area contributed by atoms with E-state index in [0.717, 1.165) is 12.0 Å². The number of nitrogens with zero attached hydrogens (tertiary/aromatic N) is 1. The van der Waals surface area contributed by atoms with E-state index in [-0.39, 0.29) is 5.60 Å². The molecule has 0 radical (unpaired) electrons. The van der Waals surface area contributed by atoms with Crippen LogP contribution in [0.3, 0.4) is 0 Å². The van der Waals surface area contributed by atoms with Crippen molar-refractivity contribution in [3.05, 3.63) is 29.3 Å². The van der Waals surface area contributed by atoms with Gasteiger partial charge in [-0.1, -0.05) is 13.0 Å². The molecule has 1 rings (SSSR count). The summed E-state index contributed by atoms with van der Waals surface area (Å²) in [6.45, 7) is 8.08. The normalized spacial score (nSPS) is 10.9. The first-order chi connectivity index (χ1) is 6.98. The molecule has 0 N–H and O–H groups in total. The Morgan fingerprint density at radius 2 is 2.07 bits per heavy atom. The van der Waals surface area contributed by atoms with E-state index in [1.165, 1.54) is 0 Å². The fourth-order valence-electron chi connectivity index (χ4n) is 1.19. The minimum Gasteiger partial charge on any atom is -0.486 e. The number of ether oxygens (including phenoxy) is 1. The summed E-state index contributed by atoms with van der Waals surface area (Å²) in [6.07, 6.45) is 0.908. The third-order valence-electron chi connectivity index (χ3n) is 2.49. The van der Waals surface area contributed by atoms with Crippen LogP contribution in [0.2, 0.25) is 0 Å². The maximum atomic E-state index is 8.98. The fourth-order valence-corrected chi connectivity index (χ4v) is 1.19. The lowest BCUT2D eigenvalue weighted by Gasteiger charge is -2.25. The van der Waals surface area contributed by atoms with Gasteiger partial charge < -0.3 is 4.74 Å². The van der Waals surface area contributed by atoms with Crippen LogP contribution in [0.1, 0.15) is 38.3 Å². The molecule has 0 bridgehead atoms. The minimum absolute atomic E-state index is 0.221. The minimum atomic E-state index is -0.221. The van der Waals surface area contributed by atoms with Crippen LogP contribution in [-0.4, -0.2) is 5.60 Å². The fraction of sp³-hybridized carbons (Fsp3) is 0.462. The summed E-state index contributed by atoms with van der Waals surface area (Å²) in [5.74, 6) is 0.676. The van der Waals surface area contributed by atoms with Gasteiger partial charge in [0.2, 0.25) is 0 Å². The molecule has 0 spiro atoms. The van der Waals surface area contributed by atoms with Crippen LogP contribution < -0.4 is 4.74 Å². The van der Waals surface area contributed by atoms with Crippen LogP contribution in [0.15, 0.2) is 18.2 Å². The summed E-state index contributed by atoms with van der Waals surface area (Å²) in [7, 11) is 0. The Hall–Kier alpha value is -1.49. The number of rotatable bonds is 3. The van der Waals surface area contributed by atoms with Gasteiger partial charge in [0.15, 0.2) is 0 Å². The average molecular weight is 203 g/mol. The van der Waals surface area contributed by atoms with E-state index < -0.39 is 0 Å². The second-order valence-corrected chi connectivity index (χ2v) is 4.33. The molecule has 80 valence electrons. The van der Waals surface area contributed by atoms with Crippen molar-refractivity contribution < 1.29 is 4.74 Å². The van der Waals surface area contributed by atoms with Gasteiger partial charge in [0.05, 0.1) is 5.56 Å². The highest BCUT2D eigenvalue weighted by molar-refractivity contribution is 5.45. The topological polar surface area (TPSA) is 33.0 Å². The molecule has 0 saturated heterocycles. The highest BCUT2D eigenvalue weighted by Gasteiger charge is 2.18. The molecular formula is C13H17NO. The Balaban J connectivity index is 3.01. The molecule has 2 heteroatoms. The van der Waals surface area contributed by atoms with Gasteiger partial charge in [0.25, 0.3) is 0 Å². The molecule has 0 amide bonds. The van der Waals surface area contributed by atoms with Gasteiger partial charge >= 0.3 is 0 Å². The molecule has 0 aliphatic rings. The second kappa shape index (κ2) is 4.35. The Bertz CT molecular complexity index is 388. The van der Waals surface area contributed by atoms with Crippen LogP contribution in [0, 0.1) is 18.3 Å². The Kier molecular flexibility index (Phi) is 3.36. The van der Waals surface area contributed by atoms with E-state index in [9.17, 15) is 0 Å². The highest BCUT2D eigenvalue weighted by Crippen LogP contribution is 2.25. The third kappa shape index (κ3) is 2.99. The first-order valence-electron chi connectivity index (χ1n) is 5.18. The van der Waals surface area contributed by atoms with Crippen molar-refractivity contribution in [1.29, 1.82) is 5.26 Å². The first-order valence-corrected chi connectivity index (χ1v) is 5.18. The van der Waals surface area contributed by atoms with E-state index in [2.05, 4.69) is 13.0 Å². The zero-order valence-electron chi connectivity index (χ0n) is 9.79. The van der Waals surface area contributed by atoms with Crippen LogP contribution in [0.4, 0.5) is 0 Å². The average Bonchev–Trinajstić information content (AvgIpc) is 2.20. The standard InChI is InChI=1S/C13H17NO/c1-5-13(3,4)15-12-7-6-10(2)8-11(12)9-14/h6-8H,5H2,1-4H3. The molecule has 15 heavy (non-hydrogen) atoms. The molecular weight excluding hydrogens is 186 g/mol. The van der Waals surface area contributed by atoms with Crippen molar-refractivity contribution in [2.75, 3.05) is 0 Å². The Morgan fingerprint density at radius 1 is 1.40 bits per heavy atom. The van der Waals surface area contributed by atoms with Crippen LogP contribution in [-0.2, 0) is 0 Å². The molecule has 0 saturated carbocycles. The molecule has 2 nitrogen and oxygen atoms in total. The molecule has 1 aromatic rings. The summed E-state index contributed by atoms with van der Waals surface area (Å²) in [5, 5.41) is 8.98. The van der Waals surface area contributed by atoms with Gasteiger partial charge in [0.1, 0.15) is 17.4 Å². The van der Waals surface area contributed by atoms with Crippen molar-refractivity contribution in [2.24, 2.45) is 0 Å². The molecule has 1 aromatic carbocycles. The van der Waals surface area contributed by atoms with Crippen molar-refractivity contribution in [3.8, 4) is 11.8 Å². The molecule has 0 fully saturated rings. The second-order valence-electron chi connectivity index (χ2n) is 4.33. The summed E-state index contributed by atoms with van der Waals surface area (Å²) in [5.41, 5.74) is 1.46. The van der Waals surface area contributed by atoms with Crippen molar-refractivity contribution in [1.82, 2.24) is 0 Å². The molecule has 0 atom stereocenters. The van der Waals surface area contributed by atoms with E-state index in [0.29, 0.717) is 11.3 Å². The van der Waals surface area contributed by atoms with Gasteiger partial charge in [-0.15, -0.1) is 0 Å². The predicted octanol–water partition coefficient (Wildman–Crippen LogP) is 3.43. The van der Waals surface area contributed by atoms with Crippen molar-refractivity contribution in [2.45, 2.75) is 39.7 Å². The van der Waals surface area contributed by atoms with Crippen LogP contribution >= 0.6 is 0 Å². The quantitative estimate of drug-likeness (QED) is 0.754. The largest absolute Gasteiger partial charge is 0.486 e. The summed E-state index contributed by atoms with van der Waals surface area (Å²) < 4.78 is 5.81. The number of nitriles is 1. The van der Waals surface area contributed by atoms with Crippen molar-refractivity contribution >= 4 is 0 Å². The number of benzene rings is 1. The molecule has 0 unspecified atom stereocenters. The Morgan fingerprint density at radius 3 is 2.60 bits per heavy atom. The maximum Gasteiger partial charge on any atom is 0.137 e. The zero-order chi connectivity index (χ0) is 11.5. The lowest BCUT2D eigenvalue weighted by atomic mass is 10.1. The SMILES string of the molecule is CCC(C)(C)Oc1ccc(C)cc1C#N. The number of aryl methyl sites for hydroxylation is 1. The van der Waals surface area contributed by atoms with Crippen molar-refractivity contribution in [3.63, 3.8) is 0 Å². The molecule has 0 aliphatic carbocycles. The molecule has 0 aromatic heterocycles. The van der Waals surface area contributed by atoms with E-state index >= 15 is 0 Å². The first kappa shape index (κ1) is 11.6. The van der Waals surface area contributed by atoms with Gasteiger partial charge in [-0.05, 0) is 44.9 Å². The lowest BCUT2D eigenvalue weighted by Crippen LogP contribution is -2.27. The molecule has 0 aliphatic heterocycles. The van der Waals surface area contributed by atoms with E-state index in [1.807, 2.05) is 39.0 Å². The predicted molar refractivity (Wildman–Crippen MR) is 60.9 cm³/mol. The highest BCUT2D eigenvalue weighted by atomic mass is 16.5. The van der Waals surface area contributed by atoms with Gasteiger partial charge in [0, 0.05) is 0 Å². The smallest absolute Gasteiger partial charge is 0.137 e. The van der Waals surface area contributed by atoms with Crippen LogP contribution in [0.5, 0.6) is 5.75 Å². The zero-order valence-corrected chi connectivity index (χ0v) is 9.79. The summed E-state index contributed by atoms with van der Waals surface area (Å²) >= 11 is 0. The summed E-state index contributed by atoms with van der Waals surface area (Å²) in [4.78, 5) is 0. The monoisotopic (exact) mass is 203 g/mol. The number of hydrogen-bond donors (Lipinski definition) is 0. The van der Waals surface area contributed by atoms with Gasteiger partial charge in [-0.3, -0.25) is 0 Å². The van der Waals surface area contributed by atoms with Gasteiger partial charge in [-0.2, -0.15) is 5.26 Å². The third-order valence-corrected chi connectivity index (χ3v) is 2.49. The number of hydrogen-bond acceptors (Lipinski definition) is 2. The van der Waals surface area contributed by atoms with Crippen LogP contribution in [0.25, 0.3) is 0 Å². The van der Waals surface area contributed by atoms with E-state index in [1.54, 1.807) is 0 Å². The molecule has 0 heterocycles.